The predicted octanol–water partition coefficient (Wildman–Crippen LogP) is 2.22. The van der Waals surface area contributed by atoms with Crippen molar-refractivity contribution in [2.24, 2.45) is 4.99 Å². The Morgan fingerprint density at radius 2 is 2.08 bits per heavy atom. The largest absolute Gasteiger partial charge is 0.464 e. The van der Waals surface area contributed by atoms with Crippen LogP contribution in [0.1, 0.15) is 0 Å². The van der Waals surface area contributed by atoms with Crippen molar-refractivity contribution in [3.63, 3.8) is 0 Å². The van der Waals surface area contributed by atoms with Crippen molar-refractivity contribution in [3.8, 4) is 0 Å². The van der Waals surface area contributed by atoms with Crippen molar-refractivity contribution in [1.29, 1.82) is 0 Å². The minimum Gasteiger partial charge on any atom is -0.464 e. The highest BCUT2D eigenvalue weighted by atomic mass is 79.9. The summed E-state index contributed by atoms with van der Waals surface area (Å²) in [6.45, 7) is 6.77. The van der Waals surface area contributed by atoms with Crippen LogP contribution in [0.5, 0.6) is 0 Å². The molecule has 0 radical (unpaired) electrons. The first-order valence-electron chi connectivity index (χ1n) is 2.85. The maximum Gasteiger partial charge on any atom is 0.357 e. The van der Waals surface area contributed by atoms with Crippen LogP contribution in [0.25, 0.3) is 0 Å². The van der Waals surface area contributed by atoms with Crippen molar-refractivity contribution >= 4 is 39.2 Å². The summed E-state index contributed by atoms with van der Waals surface area (Å²) in [5, 5.41) is -0.00370. The van der Waals surface area contributed by atoms with Gasteiger partial charge in [0.25, 0.3) is 0 Å². The van der Waals surface area contributed by atoms with Gasteiger partial charge in [0.1, 0.15) is 5.16 Å². The Bertz CT molecular complexity index is 260. The van der Waals surface area contributed by atoms with Crippen LogP contribution < -0.4 is 0 Å². The molecule has 3 nitrogen and oxygen atoms in total. The summed E-state index contributed by atoms with van der Waals surface area (Å²) < 4.78 is 4.72. The molecule has 0 atom stereocenters. The molecular weight excluding hydrogens is 245 g/mol. The molecule has 0 saturated carbocycles. The van der Waals surface area contributed by atoms with Crippen molar-refractivity contribution in [3.05, 3.63) is 22.8 Å². The molecule has 0 saturated heterocycles. The van der Waals surface area contributed by atoms with Crippen LogP contribution in [0.3, 0.4) is 0 Å². The molecule has 0 aromatic carbocycles. The Kier molecular flexibility index (Phi) is 4.85. The molecule has 0 amide bonds. The molecule has 0 aromatic rings. The van der Waals surface area contributed by atoms with Crippen LogP contribution >= 0.6 is 27.5 Å². The summed E-state index contributed by atoms with van der Waals surface area (Å²) in [7, 11) is 1.24. The zero-order valence-electron chi connectivity index (χ0n) is 6.43. The van der Waals surface area contributed by atoms with Gasteiger partial charge < -0.3 is 4.74 Å². The van der Waals surface area contributed by atoms with E-state index in [0.717, 1.165) is 0 Å². The van der Waals surface area contributed by atoms with E-state index < -0.39 is 5.97 Å². The van der Waals surface area contributed by atoms with Gasteiger partial charge in [-0.2, -0.15) is 0 Å². The van der Waals surface area contributed by atoms with Crippen LogP contribution in [0.2, 0.25) is 0 Å². The van der Waals surface area contributed by atoms with Crippen molar-refractivity contribution < 1.29 is 9.53 Å². The van der Waals surface area contributed by atoms with Crippen LogP contribution in [0.15, 0.2) is 27.8 Å². The van der Waals surface area contributed by atoms with Crippen molar-refractivity contribution in [1.82, 2.24) is 0 Å². The van der Waals surface area contributed by atoms with Gasteiger partial charge in [-0.05, 0) is 15.9 Å². The number of hydrogen-bond acceptors (Lipinski definition) is 3. The molecule has 0 aliphatic rings. The summed E-state index contributed by atoms with van der Waals surface area (Å²) in [5.41, 5.74) is 0.0116. The van der Waals surface area contributed by atoms with E-state index in [2.05, 4.69) is 38.8 Å². The minimum absolute atomic E-state index is 0.00370. The third kappa shape index (κ3) is 3.69. The monoisotopic (exact) mass is 251 g/mol. The molecule has 0 aliphatic heterocycles. The lowest BCUT2D eigenvalue weighted by molar-refractivity contribution is -0.132. The van der Waals surface area contributed by atoms with Crippen molar-refractivity contribution in [2.75, 3.05) is 7.11 Å². The zero-order valence-corrected chi connectivity index (χ0v) is 8.78. The summed E-state index contributed by atoms with van der Waals surface area (Å²) in [5.74, 6) is -0.612. The number of methoxy groups -OCH3 is 1. The molecular formula is C7H7BrClNO2. The highest BCUT2D eigenvalue weighted by molar-refractivity contribution is 9.12. The van der Waals surface area contributed by atoms with E-state index in [-0.39, 0.29) is 10.9 Å². The number of rotatable bonds is 3. The Hall–Kier alpha value is -0.610. The number of ether oxygens (including phenoxy) is 1. The summed E-state index contributed by atoms with van der Waals surface area (Å²) in [6.07, 6.45) is 0. The lowest BCUT2D eigenvalue weighted by Gasteiger charge is -2.00. The third-order valence-corrected chi connectivity index (χ3v) is 1.33. The molecule has 12 heavy (non-hydrogen) atoms. The second kappa shape index (κ2) is 5.11. The maximum absolute atomic E-state index is 10.9. The molecule has 0 bridgehead atoms. The molecule has 0 fully saturated rings. The molecule has 0 spiro atoms. The van der Waals surface area contributed by atoms with E-state index in [1.807, 2.05) is 0 Å². The smallest absolute Gasteiger partial charge is 0.357 e. The first-order chi connectivity index (χ1) is 5.49. The van der Waals surface area contributed by atoms with E-state index in [9.17, 15) is 4.79 Å². The van der Waals surface area contributed by atoms with Gasteiger partial charge in [-0.15, -0.1) is 0 Å². The number of carbonyl (C=O) groups excluding carboxylic acids is 1. The van der Waals surface area contributed by atoms with E-state index in [4.69, 9.17) is 11.6 Å². The first kappa shape index (κ1) is 11.4. The van der Waals surface area contributed by atoms with Crippen molar-refractivity contribution in [2.45, 2.75) is 0 Å². The lowest BCUT2D eigenvalue weighted by atomic mass is 10.4. The van der Waals surface area contributed by atoms with Crippen LogP contribution in [0, 0.1) is 0 Å². The fourth-order valence-corrected chi connectivity index (χ4v) is 0.770. The molecule has 0 heterocycles. The molecule has 0 aromatic heterocycles. The highest BCUT2D eigenvalue weighted by Crippen LogP contribution is 2.10. The fourth-order valence-electron chi connectivity index (χ4n) is 0.435. The Morgan fingerprint density at radius 3 is 2.33 bits per heavy atom. The predicted molar refractivity (Wildman–Crippen MR) is 52.5 cm³/mol. The quantitative estimate of drug-likeness (QED) is 0.439. The Labute approximate surface area is 83.9 Å². The Balaban J connectivity index is 4.79. The molecule has 0 N–H and O–H groups in total. The van der Waals surface area contributed by atoms with Crippen LogP contribution in [-0.2, 0) is 9.53 Å². The number of hydrogen-bond donors (Lipinski definition) is 0. The number of halogens is 2. The first-order valence-corrected chi connectivity index (χ1v) is 4.02. The standard InChI is InChI=1S/C7H7BrClNO2/c1-4(8)6(7(11)12-3)10-5(2)9/h1-2H2,3H3/b10-6+. The van der Waals surface area contributed by atoms with Gasteiger partial charge in [0, 0.05) is 4.48 Å². The second-order valence-electron chi connectivity index (χ2n) is 1.73. The molecule has 0 unspecified atom stereocenters. The Morgan fingerprint density at radius 1 is 1.58 bits per heavy atom. The highest BCUT2D eigenvalue weighted by Gasteiger charge is 2.13. The topological polar surface area (TPSA) is 38.7 Å². The number of aliphatic imine (C=N–C) groups is 1. The molecule has 0 aliphatic carbocycles. The number of esters is 1. The third-order valence-electron chi connectivity index (χ3n) is 0.869. The zero-order chi connectivity index (χ0) is 9.72. The normalized spacial score (nSPS) is 10.8. The van der Waals surface area contributed by atoms with Gasteiger partial charge in [-0.25, -0.2) is 9.79 Å². The van der Waals surface area contributed by atoms with Gasteiger partial charge in [-0.1, -0.05) is 24.8 Å². The molecule has 66 valence electrons. The second-order valence-corrected chi connectivity index (χ2v) is 3.13. The summed E-state index contributed by atoms with van der Waals surface area (Å²) in [6, 6.07) is 0. The lowest BCUT2D eigenvalue weighted by Crippen LogP contribution is -2.15. The van der Waals surface area contributed by atoms with Crippen LogP contribution in [-0.4, -0.2) is 18.8 Å². The van der Waals surface area contributed by atoms with Gasteiger partial charge in [0.2, 0.25) is 0 Å². The van der Waals surface area contributed by atoms with E-state index in [0.29, 0.717) is 4.48 Å². The number of carbonyl (C=O) groups is 1. The van der Waals surface area contributed by atoms with Crippen LogP contribution in [0.4, 0.5) is 0 Å². The average Bonchev–Trinajstić information content (AvgIpc) is 1.98. The molecule has 0 rings (SSSR count). The van der Waals surface area contributed by atoms with Gasteiger partial charge in [0.05, 0.1) is 7.11 Å². The van der Waals surface area contributed by atoms with Gasteiger partial charge >= 0.3 is 5.97 Å². The molecule has 5 heteroatoms. The fraction of sp³-hybridized carbons (Fsp3) is 0.143. The van der Waals surface area contributed by atoms with Gasteiger partial charge in [0.15, 0.2) is 5.71 Å². The van der Waals surface area contributed by atoms with Gasteiger partial charge in [-0.3, -0.25) is 0 Å². The number of nitrogens with zero attached hydrogens (tertiary/aromatic N) is 1. The summed E-state index contributed by atoms with van der Waals surface area (Å²) >= 11 is 8.35. The maximum atomic E-state index is 10.9. The van der Waals surface area contributed by atoms with E-state index in [1.165, 1.54) is 7.11 Å². The summed E-state index contributed by atoms with van der Waals surface area (Å²) in [4.78, 5) is 14.6. The van der Waals surface area contributed by atoms with E-state index in [1.54, 1.807) is 0 Å². The van der Waals surface area contributed by atoms with E-state index >= 15 is 0 Å². The SMILES string of the molecule is C=C(Cl)/N=C(\C(=C)Br)C(=O)OC. The average molecular weight is 252 g/mol. The minimum atomic E-state index is -0.612.